The summed E-state index contributed by atoms with van der Waals surface area (Å²) in [5, 5.41) is 30.7. The lowest BCUT2D eigenvalue weighted by Crippen LogP contribution is -2.08. The topological polar surface area (TPSA) is 145 Å². The number of carboxylic acids is 1. The lowest BCUT2D eigenvalue weighted by Gasteiger charge is -2.15. The van der Waals surface area contributed by atoms with Crippen molar-refractivity contribution in [2.75, 3.05) is 12.4 Å². The highest BCUT2D eigenvalue weighted by molar-refractivity contribution is 5.94. The molecule has 1 amide bonds. The maximum Gasteiger partial charge on any atom is 0.339 e. The van der Waals surface area contributed by atoms with Crippen LogP contribution in [0.1, 0.15) is 17.3 Å². The second-order valence-electron chi connectivity index (χ2n) is 5.06. The molecule has 0 atom stereocenters. The number of phenols is 1. The Hall–Kier alpha value is -3.82. The molecule has 0 saturated carbocycles. The summed E-state index contributed by atoms with van der Waals surface area (Å²) in [6.45, 7) is 1.21. The van der Waals surface area contributed by atoms with Crippen LogP contribution in [-0.2, 0) is 4.79 Å². The van der Waals surface area contributed by atoms with Crippen LogP contribution in [0.2, 0.25) is 0 Å². The smallest absolute Gasteiger partial charge is 0.339 e. The Morgan fingerprint density at radius 3 is 2.38 bits per heavy atom. The van der Waals surface area contributed by atoms with Crippen LogP contribution in [0.4, 0.5) is 11.4 Å². The van der Waals surface area contributed by atoms with Crippen LogP contribution < -0.4 is 14.8 Å². The number of carbonyl (C=O) groups excluding carboxylic acids is 1. The SMILES string of the molecule is COc1cc(O)c(NC(C)=O)c(Oc2cc([N+](=O)O)ccc2C(=O)O)c1. The minimum Gasteiger partial charge on any atom is -0.505 e. The molecule has 2 aromatic carbocycles. The first-order chi connectivity index (χ1) is 12.2. The van der Waals surface area contributed by atoms with Crippen molar-refractivity contribution in [3.63, 3.8) is 0 Å². The number of nitrogens with one attached hydrogen (secondary N) is 1. The molecule has 0 aliphatic rings. The zero-order chi connectivity index (χ0) is 19.4. The van der Waals surface area contributed by atoms with E-state index >= 15 is 0 Å². The maximum absolute atomic E-state index is 11.4. The molecular weight excluding hydrogens is 348 g/mol. The predicted octanol–water partition coefficient (Wildman–Crippen LogP) is 2.65. The number of hydrogen-bond donors (Lipinski definition) is 4. The first-order valence-corrected chi connectivity index (χ1v) is 7.12. The lowest BCUT2D eigenvalue weighted by molar-refractivity contribution is -0.729. The van der Waals surface area contributed by atoms with Gasteiger partial charge in [-0.05, 0) is 6.07 Å². The number of carbonyl (C=O) groups is 2. The number of hydrogen-bond acceptors (Lipinski definition) is 6. The van der Waals surface area contributed by atoms with Crippen molar-refractivity contribution in [3.8, 4) is 23.0 Å². The number of aromatic hydroxyl groups is 1. The summed E-state index contributed by atoms with van der Waals surface area (Å²) in [4.78, 5) is 33.3. The van der Waals surface area contributed by atoms with E-state index in [0.717, 1.165) is 18.2 Å². The monoisotopic (exact) mass is 363 g/mol. The summed E-state index contributed by atoms with van der Waals surface area (Å²) in [5.74, 6) is -2.50. The average Bonchev–Trinajstić information content (AvgIpc) is 2.56. The Morgan fingerprint density at radius 1 is 1.15 bits per heavy atom. The lowest BCUT2D eigenvalue weighted by atomic mass is 10.1. The van der Waals surface area contributed by atoms with E-state index in [1.807, 2.05) is 0 Å². The van der Waals surface area contributed by atoms with E-state index in [2.05, 4.69) is 5.32 Å². The van der Waals surface area contributed by atoms with Crippen LogP contribution in [0.15, 0.2) is 30.3 Å². The summed E-state index contributed by atoms with van der Waals surface area (Å²) < 4.78 is 10.5. The number of methoxy groups -OCH3 is 1. The van der Waals surface area contributed by atoms with Gasteiger partial charge in [-0.1, -0.05) is 0 Å². The van der Waals surface area contributed by atoms with Crippen LogP contribution in [0.25, 0.3) is 0 Å². The predicted molar refractivity (Wildman–Crippen MR) is 87.5 cm³/mol. The summed E-state index contributed by atoms with van der Waals surface area (Å²) >= 11 is 0. The van der Waals surface area contributed by atoms with Gasteiger partial charge in [0.25, 0.3) is 4.92 Å². The Bertz CT molecular complexity index is 894. The van der Waals surface area contributed by atoms with Crippen molar-refractivity contribution in [1.82, 2.24) is 0 Å². The molecule has 0 aliphatic carbocycles. The van der Waals surface area contributed by atoms with E-state index in [1.54, 1.807) is 0 Å². The third-order valence-electron chi connectivity index (χ3n) is 3.23. The number of ether oxygens (including phenoxy) is 2. The summed E-state index contributed by atoms with van der Waals surface area (Å²) in [6.07, 6.45) is 0. The van der Waals surface area contributed by atoms with Crippen molar-refractivity contribution in [1.29, 1.82) is 0 Å². The van der Waals surface area contributed by atoms with Crippen molar-refractivity contribution in [2.45, 2.75) is 6.92 Å². The van der Waals surface area contributed by atoms with Gasteiger partial charge in [0.2, 0.25) is 5.91 Å². The van der Waals surface area contributed by atoms with Gasteiger partial charge < -0.3 is 25.0 Å². The highest BCUT2D eigenvalue weighted by atomic mass is 16.6. The van der Waals surface area contributed by atoms with Crippen LogP contribution in [0.5, 0.6) is 23.0 Å². The molecule has 0 fully saturated rings. The fourth-order valence-corrected chi connectivity index (χ4v) is 2.09. The number of anilines is 1. The number of nitrogens with zero attached hydrogens (tertiary/aromatic N) is 1. The van der Waals surface area contributed by atoms with E-state index in [-0.39, 0.29) is 39.9 Å². The van der Waals surface area contributed by atoms with Gasteiger partial charge >= 0.3 is 11.7 Å². The first-order valence-electron chi connectivity index (χ1n) is 7.12. The number of aromatic carboxylic acids is 1. The molecule has 0 aliphatic heterocycles. The molecular formula is C16H15N2O8+. The summed E-state index contributed by atoms with van der Waals surface area (Å²) in [7, 11) is 1.33. The molecule has 136 valence electrons. The second kappa shape index (κ2) is 7.38. The third-order valence-corrected chi connectivity index (χ3v) is 3.23. The van der Waals surface area contributed by atoms with E-state index < -0.39 is 16.8 Å². The number of benzene rings is 2. The van der Waals surface area contributed by atoms with Crippen LogP contribution in [0.3, 0.4) is 0 Å². The molecule has 0 saturated heterocycles. The molecule has 0 radical (unpaired) electrons. The van der Waals surface area contributed by atoms with E-state index in [0.29, 0.717) is 0 Å². The minimum absolute atomic E-state index is 0.122. The Labute approximate surface area is 146 Å². The molecule has 0 bridgehead atoms. The largest absolute Gasteiger partial charge is 0.505 e. The number of rotatable bonds is 6. The van der Waals surface area contributed by atoms with Gasteiger partial charge in [-0.15, -0.1) is 0 Å². The van der Waals surface area contributed by atoms with Crippen molar-refractivity contribution < 1.29 is 39.4 Å². The quantitative estimate of drug-likeness (QED) is 0.453. The zero-order valence-electron chi connectivity index (χ0n) is 13.7. The molecule has 10 nitrogen and oxygen atoms in total. The molecule has 2 rings (SSSR count). The van der Waals surface area contributed by atoms with Crippen molar-refractivity contribution in [3.05, 3.63) is 40.8 Å². The Balaban J connectivity index is 2.61. The van der Waals surface area contributed by atoms with Crippen molar-refractivity contribution in [2.24, 2.45) is 0 Å². The highest BCUT2D eigenvalue weighted by Crippen LogP contribution is 2.41. The molecule has 2 aromatic rings. The summed E-state index contributed by atoms with van der Waals surface area (Å²) in [6, 6.07) is 5.66. The fraction of sp³-hybridized carbons (Fsp3) is 0.125. The van der Waals surface area contributed by atoms with Crippen LogP contribution in [0, 0.1) is 4.91 Å². The molecule has 0 spiro atoms. The standard InChI is InChI=1S/C16H14N2O8/c1-8(19)17-15-12(20)6-10(25-2)7-14(15)26-13-5-9(18(23)24)3-4-11(13)16(21)22/h3-7H,1-2H3,(H3-,17,19,20,21,22,23,24)/p+1. The maximum atomic E-state index is 11.4. The molecule has 4 N–H and O–H groups in total. The van der Waals surface area contributed by atoms with Gasteiger partial charge in [0.05, 0.1) is 18.1 Å². The van der Waals surface area contributed by atoms with E-state index in [9.17, 15) is 24.7 Å². The van der Waals surface area contributed by atoms with Gasteiger partial charge in [0.15, 0.2) is 5.75 Å². The number of amides is 1. The average molecular weight is 363 g/mol. The summed E-state index contributed by atoms with van der Waals surface area (Å²) in [5.41, 5.74) is -0.715. The Morgan fingerprint density at radius 2 is 1.85 bits per heavy atom. The van der Waals surface area contributed by atoms with E-state index in [1.165, 1.54) is 26.2 Å². The Kier molecular flexibility index (Phi) is 5.26. The molecule has 26 heavy (non-hydrogen) atoms. The first kappa shape index (κ1) is 18.5. The molecule has 0 unspecified atom stereocenters. The minimum atomic E-state index is -1.35. The highest BCUT2D eigenvalue weighted by Gasteiger charge is 2.22. The molecule has 0 aromatic heterocycles. The number of carboxylic acid groups (broad SMARTS) is 1. The second-order valence-corrected chi connectivity index (χ2v) is 5.06. The van der Waals surface area contributed by atoms with Crippen LogP contribution in [-0.4, -0.2) is 39.3 Å². The zero-order valence-corrected chi connectivity index (χ0v) is 13.7. The number of phenolic OH excluding ortho intramolecular Hbond substituents is 1. The van der Waals surface area contributed by atoms with Gasteiger partial charge in [-0.3, -0.25) is 4.79 Å². The molecule has 0 heterocycles. The fourth-order valence-electron chi connectivity index (χ4n) is 2.09. The van der Waals surface area contributed by atoms with Gasteiger partial charge in [-0.2, -0.15) is 0 Å². The molecule has 10 heteroatoms. The van der Waals surface area contributed by atoms with Crippen molar-refractivity contribution >= 4 is 23.3 Å². The normalized spacial score (nSPS) is 10.1. The van der Waals surface area contributed by atoms with Gasteiger partial charge in [-0.25, -0.2) is 10.0 Å². The van der Waals surface area contributed by atoms with E-state index in [4.69, 9.17) is 14.7 Å². The third kappa shape index (κ3) is 3.98. The van der Waals surface area contributed by atoms with Gasteiger partial charge in [0.1, 0.15) is 28.5 Å². The van der Waals surface area contributed by atoms with Crippen LogP contribution >= 0.6 is 0 Å². The van der Waals surface area contributed by atoms with Gasteiger partial charge in [0, 0.05) is 25.1 Å².